The number of nitrogens with zero attached hydrogens (tertiary/aromatic N) is 3. The number of nitrogens with one attached hydrogen (secondary N) is 1. The Morgan fingerprint density at radius 3 is 2.72 bits per heavy atom. The molecule has 3 aromatic rings. The van der Waals surface area contributed by atoms with Crippen molar-refractivity contribution in [2.75, 3.05) is 38.2 Å². The normalized spacial score (nSPS) is 21.1. The SMILES string of the molecule is Clc1ccc(-c2cc3ncnc(NC4CCN(CC5CCOC5)CC4)c3s2)cc1. The Balaban J connectivity index is 1.26. The predicted molar refractivity (Wildman–Crippen MR) is 120 cm³/mol. The van der Waals surface area contributed by atoms with Gasteiger partial charge in [0.15, 0.2) is 0 Å². The number of likely N-dealkylation sites (tertiary alicyclic amines) is 1. The Morgan fingerprint density at radius 2 is 1.97 bits per heavy atom. The van der Waals surface area contributed by atoms with Crippen molar-refractivity contribution in [2.45, 2.75) is 25.3 Å². The molecule has 1 atom stereocenters. The Hall–Kier alpha value is -1.73. The first-order chi connectivity index (χ1) is 14.2. The molecule has 5 nitrogen and oxygen atoms in total. The highest BCUT2D eigenvalue weighted by atomic mass is 35.5. The topological polar surface area (TPSA) is 50.3 Å². The molecule has 0 aliphatic carbocycles. The van der Waals surface area contributed by atoms with Gasteiger partial charge in [0.25, 0.3) is 0 Å². The third-order valence-corrected chi connectivity index (χ3v) is 7.34. The van der Waals surface area contributed by atoms with Gasteiger partial charge in [-0.3, -0.25) is 0 Å². The van der Waals surface area contributed by atoms with Gasteiger partial charge in [-0.25, -0.2) is 9.97 Å². The van der Waals surface area contributed by atoms with E-state index in [1.807, 2.05) is 12.1 Å². The number of fused-ring (bicyclic) bond motifs is 1. The van der Waals surface area contributed by atoms with Gasteiger partial charge < -0.3 is 15.0 Å². The second-order valence-corrected chi connectivity index (χ2v) is 9.49. The molecule has 152 valence electrons. The third-order valence-electron chi connectivity index (χ3n) is 5.91. The van der Waals surface area contributed by atoms with Gasteiger partial charge in [-0.2, -0.15) is 0 Å². The molecule has 29 heavy (non-hydrogen) atoms. The summed E-state index contributed by atoms with van der Waals surface area (Å²) in [6, 6.07) is 10.6. The lowest BCUT2D eigenvalue weighted by atomic mass is 10.0. The number of benzene rings is 1. The number of piperidine rings is 1. The van der Waals surface area contributed by atoms with Crippen LogP contribution in [0.3, 0.4) is 0 Å². The molecule has 1 N–H and O–H groups in total. The van der Waals surface area contributed by atoms with E-state index in [4.69, 9.17) is 16.3 Å². The van der Waals surface area contributed by atoms with Crippen LogP contribution in [0.4, 0.5) is 5.82 Å². The van der Waals surface area contributed by atoms with Crippen LogP contribution in [-0.4, -0.2) is 53.8 Å². The molecule has 0 spiro atoms. The van der Waals surface area contributed by atoms with Gasteiger partial charge >= 0.3 is 0 Å². The van der Waals surface area contributed by atoms with E-state index in [0.717, 1.165) is 71.7 Å². The summed E-state index contributed by atoms with van der Waals surface area (Å²) in [6.45, 7) is 5.34. The summed E-state index contributed by atoms with van der Waals surface area (Å²) in [5, 5.41) is 4.45. The number of ether oxygens (including phenoxy) is 1. The first-order valence-corrected chi connectivity index (χ1v) is 11.5. The molecule has 0 bridgehead atoms. The summed E-state index contributed by atoms with van der Waals surface area (Å²) in [7, 11) is 0. The molecule has 2 fully saturated rings. The van der Waals surface area contributed by atoms with Crippen LogP contribution in [-0.2, 0) is 4.74 Å². The predicted octanol–water partition coefficient (Wildman–Crippen LogP) is 4.92. The highest BCUT2D eigenvalue weighted by Gasteiger charge is 2.24. The zero-order valence-electron chi connectivity index (χ0n) is 16.3. The van der Waals surface area contributed by atoms with E-state index in [9.17, 15) is 0 Å². The van der Waals surface area contributed by atoms with Crippen LogP contribution in [0.1, 0.15) is 19.3 Å². The van der Waals surface area contributed by atoms with Gasteiger partial charge in [0.1, 0.15) is 12.1 Å². The van der Waals surface area contributed by atoms with Gasteiger partial charge in [-0.1, -0.05) is 23.7 Å². The highest BCUT2D eigenvalue weighted by molar-refractivity contribution is 7.22. The average molecular weight is 429 g/mol. The number of anilines is 1. The minimum absolute atomic E-state index is 0.463. The van der Waals surface area contributed by atoms with Crippen molar-refractivity contribution in [3.05, 3.63) is 41.7 Å². The lowest BCUT2D eigenvalue weighted by molar-refractivity contribution is 0.154. The number of hydrogen-bond donors (Lipinski definition) is 1. The molecule has 0 saturated carbocycles. The summed E-state index contributed by atoms with van der Waals surface area (Å²) in [4.78, 5) is 12.8. The molecule has 2 aromatic heterocycles. The van der Waals surface area contributed by atoms with E-state index in [1.165, 1.54) is 17.8 Å². The number of thiophene rings is 1. The summed E-state index contributed by atoms with van der Waals surface area (Å²) in [5.74, 6) is 1.68. The van der Waals surface area contributed by atoms with Crippen LogP contribution in [0.5, 0.6) is 0 Å². The molecule has 2 aliphatic heterocycles. The van der Waals surface area contributed by atoms with Crippen molar-refractivity contribution in [1.29, 1.82) is 0 Å². The second kappa shape index (κ2) is 8.56. The van der Waals surface area contributed by atoms with Crippen LogP contribution >= 0.6 is 22.9 Å². The fourth-order valence-corrected chi connectivity index (χ4v) is 5.45. The highest BCUT2D eigenvalue weighted by Crippen LogP contribution is 2.36. The van der Waals surface area contributed by atoms with Gasteiger partial charge in [0.05, 0.1) is 16.8 Å². The Morgan fingerprint density at radius 1 is 1.14 bits per heavy atom. The minimum Gasteiger partial charge on any atom is -0.381 e. The molecular formula is C22H25ClN4OS. The maximum absolute atomic E-state index is 6.03. The summed E-state index contributed by atoms with van der Waals surface area (Å²) in [5.41, 5.74) is 2.16. The van der Waals surface area contributed by atoms with Crippen LogP contribution in [0.15, 0.2) is 36.7 Å². The van der Waals surface area contributed by atoms with E-state index in [2.05, 4.69) is 38.4 Å². The van der Waals surface area contributed by atoms with Crippen molar-refractivity contribution in [3.63, 3.8) is 0 Å². The number of aromatic nitrogens is 2. The fraction of sp³-hybridized carbons (Fsp3) is 0.455. The monoisotopic (exact) mass is 428 g/mol. The molecule has 0 amide bonds. The molecule has 4 heterocycles. The number of rotatable bonds is 5. The maximum Gasteiger partial charge on any atom is 0.147 e. The molecule has 1 aromatic carbocycles. The van der Waals surface area contributed by atoms with Crippen LogP contribution in [0.25, 0.3) is 20.7 Å². The van der Waals surface area contributed by atoms with Gasteiger partial charge in [-0.15, -0.1) is 11.3 Å². The zero-order chi connectivity index (χ0) is 19.6. The minimum atomic E-state index is 0.463. The summed E-state index contributed by atoms with van der Waals surface area (Å²) >= 11 is 7.77. The van der Waals surface area contributed by atoms with Crippen molar-refractivity contribution < 1.29 is 4.74 Å². The molecule has 1 unspecified atom stereocenters. The molecule has 2 aliphatic rings. The molecule has 0 radical (unpaired) electrons. The third kappa shape index (κ3) is 4.40. The standard InChI is InChI=1S/C22H25ClN4OS/c23-17-3-1-16(2-4-17)20-11-19-21(29-20)22(25-14-24-19)26-18-5-8-27(9-6-18)12-15-7-10-28-13-15/h1-4,11,14-15,18H,5-10,12-13H2,(H,24,25,26). The largest absolute Gasteiger partial charge is 0.381 e. The zero-order valence-corrected chi connectivity index (χ0v) is 17.9. The molecule has 2 saturated heterocycles. The lowest BCUT2D eigenvalue weighted by Gasteiger charge is -2.33. The average Bonchev–Trinajstić information content (AvgIpc) is 3.40. The Labute approximate surface area is 180 Å². The molecular weight excluding hydrogens is 404 g/mol. The summed E-state index contributed by atoms with van der Waals surface area (Å²) < 4.78 is 6.65. The van der Waals surface area contributed by atoms with Crippen molar-refractivity contribution in [2.24, 2.45) is 5.92 Å². The molecule has 7 heteroatoms. The van der Waals surface area contributed by atoms with Crippen molar-refractivity contribution in [1.82, 2.24) is 14.9 Å². The number of halogens is 1. The molecule has 5 rings (SSSR count). The Bertz CT molecular complexity index is 963. The van der Waals surface area contributed by atoms with Gasteiger partial charge in [-0.05, 0) is 48.9 Å². The van der Waals surface area contributed by atoms with Crippen LogP contribution in [0.2, 0.25) is 5.02 Å². The maximum atomic E-state index is 6.03. The quantitative estimate of drug-likeness (QED) is 0.624. The lowest BCUT2D eigenvalue weighted by Crippen LogP contribution is -2.41. The van der Waals surface area contributed by atoms with E-state index >= 15 is 0 Å². The number of hydrogen-bond acceptors (Lipinski definition) is 6. The van der Waals surface area contributed by atoms with Gasteiger partial charge in [0.2, 0.25) is 0 Å². The van der Waals surface area contributed by atoms with Crippen molar-refractivity contribution in [3.8, 4) is 10.4 Å². The van der Waals surface area contributed by atoms with Crippen molar-refractivity contribution >= 4 is 39.0 Å². The summed E-state index contributed by atoms with van der Waals surface area (Å²) in [6.07, 6.45) is 5.17. The van der Waals surface area contributed by atoms with Crippen LogP contribution < -0.4 is 5.32 Å². The first kappa shape index (κ1) is 19.2. The second-order valence-electron chi connectivity index (χ2n) is 8.00. The van der Waals surface area contributed by atoms with E-state index in [1.54, 1.807) is 17.7 Å². The van der Waals surface area contributed by atoms with E-state index < -0.39 is 0 Å². The smallest absolute Gasteiger partial charge is 0.147 e. The van der Waals surface area contributed by atoms with Gasteiger partial charge in [0, 0.05) is 42.2 Å². The van der Waals surface area contributed by atoms with E-state index in [-0.39, 0.29) is 0 Å². The van der Waals surface area contributed by atoms with Crippen LogP contribution in [0, 0.1) is 5.92 Å². The van der Waals surface area contributed by atoms with E-state index in [0.29, 0.717) is 6.04 Å². The fourth-order valence-electron chi connectivity index (χ4n) is 4.26. The Kier molecular flexibility index (Phi) is 5.68. The first-order valence-electron chi connectivity index (χ1n) is 10.3.